The molecule has 9 heteroatoms. The number of ether oxygens (including phenoxy) is 6. The minimum absolute atomic E-state index is 0.00335. The molecule has 35 heavy (non-hydrogen) atoms. The molecule has 1 saturated heterocycles. The molecule has 0 bridgehead atoms. The number of carbonyl (C=O) groups excluding carboxylic acids is 1. The second kappa shape index (κ2) is 13.5. The van der Waals surface area contributed by atoms with E-state index in [-0.39, 0.29) is 19.1 Å². The normalized spacial score (nSPS) is 23.9. The molecule has 0 aromatic heterocycles. The van der Waals surface area contributed by atoms with E-state index in [4.69, 9.17) is 28.4 Å². The number of aliphatic hydroxyl groups excluding tert-OH is 2. The van der Waals surface area contributed by atoms with Crippen molar-refractivity contribution in [3.05, 3.63) is 29.8 Å². The van der Waals surface area contributed by atoms with Gasteiger partial charge in [-0.1, -0.05) is 26.0 Å². The van der Waals surface area contributed by atoms with Crippen molar-refractivity contribution >= 4 is 5.97 Å². The van der Waals surface area contributed by atoms with Crippen LogP contribution >= 0.6 is 0 Å². The van der Waals surface area contributed by atoms with Crippen LogP contribution in [0.5, 0.6) is 5.75 Å². The van der Waals surface area contributed by atoms with Crippen molar-refractivity contribution in [2.75, 3.05) is 34.7 Å². The van der Waals surface area contributed by atoms with Crippen molar-refractivity contribution in [3.8, 4) is 5.75 Å². The van der Waals surface area contributed by atoms with Gasteiger partial charge in [0, 0.05) is 32.5 Å². The Morgan fingerprint density at radius 1 is 1.09 bits per heavy atom. The van der Waals surface area contributed by atoms with Crippen LogP contribution in [-0.2, 0) is 35.1 Å². The van der Waals surface area contributed by atoms with Crippen LogP contribution in [0.4, 0.5) is 0 Å². The van der Waals surface area contributed by atoms with Crippen molar-refractivity contribution < 1.29 is 43.4 Å². The summed E-state index contributed by atoms with van der Waals surface area (Å²) in [5, 5.41) is 21.8. The summed E-state index contributed by atoms with van der Waals surface area (Å²) >= 11 is 0. The summed E-state index contributed by atoms with van der Waals surface area (Å²) in [5.74, 6) is -0.284. The van der Waals surface area contributed by atoms with Crippen LogP contribution in [0.15, 0.2) is 24.3 Å². The van der Waals surface area contributed by atoms with Crippen LogP contribution in [-0.4, -0.2) is 81.4 Å². The Labute approximate surface area is 208 Å². The molecule has 2 N–H and O–H groups in total. The fraction of sp³-hybridized carbons (Fsp3) is 0.731. The van der Waals surface area contributed by atoms with Crippen LogP contribution in [0.2, 0.25) is 0 Å². The quantitative estimate of drug-likeness (QED) is 0.278. The maximum absolute atomic E-state index is 12.4. The first-order valence-corrected chi connectivity index (χ1v) is 12.0. The highest BCUT2D eigenvalue weighted by atomic mass is 16.7. The number of aliphatic hydroxyl groups is 2. The SMILES string of the molecule is COCO[C@H]1[C@@H]([C@H](CC(O)C(C)C(O)[C@H](C)COCc2ccc(OC)cc2)OC)OC(=O)C1(C)C. The van der Waals surface area contributed by atoms with Gasteiger partial charge in [0.2, 0.25) is 0 Å². The molecule has 200 valence electrons. The van der Waals surface area contributed by atoms with E-state index in [1.54, 1.807) is 27.9 Å². The molecule has 3 unspecified atom stereocenters. The minimum atomic E-state index is -0.899. The van der Waals surface area contributed by atoms with Crippen LogP contribution in [0.3, 0.4) is 0 Å². The van der Waals surface area contributed by atoms with Crippen LogP contribution in [0.1, 0.15) is 39.7 Å². The molecule has 7 atom stereocenters. The zero-order chi connectivity index (χ0) is 26.2. The predicted molar refractivity (Wildman–Crippen MR) is 129 cm³/mol. The average molecular weight is 499 g/mol. The third kappa shape index (κ3) is 7.62. The second-order valence-corrected chi connectivity index (χ2v) is 9.85. The molecule has 0 amide bonds. The number of hydrogen-bond acceptors (Lipinski definition) is 9. The molecular formula is C26H42O9. The van der Waals surface area contributed by atoms with Gasteiger partial charge in [0.25, 0.3) is 0 Å². The van der Waals surface area contributed by atoms with E-state index in [9.17, 15) is 15.0 Å². The van der Waals surface area contributed by atoms with E-state index in [0.717, 1.165) is 11.3 Å². The van der Waals surface area contributed by atoms with Crippen molar-refractivity contribution in [3.63, 3.8) is 0 Å². The summed E-state index contributed by atoms with van der Waals surface area (Å²) in [7, 11) is 4.62. The van der Waals surface area contributed by atoms with Gasteiger partial charge in [-0.3, -0.25) is 4.79 Å². The first-order valence-electron chi connectivity index (χ1n) is 12.0. The molecule has 1 aromatic rings. The topological polar surface area (TPSA) is 113 Å². The van der Waals surface area contributed by atoms with Gasteiger partial charge in [-0.2, -0.15) is 0 Å². The molecule has 0 aliphatic carbocycles. The number of esters is 1. The molecular weight excluding hydrogens is 456 g/mol. The summed E-state index contributed by atoms with van der Waals surface area (Å²) in [6.07, 6.45) is -3.46. The van der Waals surface area contributed by atoms with Gasteiger partial charge in [-0.15, -0.1) is 0 Å². The van der Waals surface area contributed by atoms with Crippen LogP contribution < -0.4 is 4.74 Å². The Hall–Kier alpha value is -1.75. The lowest BCUT2D eigenvalue weighted by Crippen LogP contribution is -2.46. The van der Waals surface area contributed by atoms with Gasteiger partial charge in [0.1, 0.15) is 18.6 Å². The van der Waals surface area contributed by atoms with Gasteiger partial charge in [-0.05, 0) is 31.5 Å². The molecule has 1 aromatic carbocycles. The van der Waals surface area contributed by atoms with Gasteiger partial charge in [-0.25, -0.2) is 0 Å². The molecule has 1 aliphatic heterocycles. The summed E-state index contributed by atoms with van der Waals surface area (Å²) in [4.78, 5) is 12.4. The molecule has 1 fully saturated rings. The highest BCUT2D eigenvalue weighted by molar-refractivity contribution is 5.79. The third-order valence-corrected chi connectivity index (χ3v) is 6.82. The highest BCUT2D eigenvalue weighted by Crippen LogP contribution is 2.39. The van der Waals surface area contributed by atoms with E-state index >= 15 is 0 Å². The Bertz CT molecular complexity index is 767. The number of hydrogen-bond donors (Lipinski definition) is 2. The fourth-order valence-electron chi connectivity index (χ4n) is 4.33. The summed E-state index contributed by atoms with van der Waals surface area (Å²) in [5.41, 5.74) is 0.119. The minimum Gasteiger partial charge on any atom is -0.497 e. The standard InChI is InChI=1S/C26H42O9/c1-16(13-33-14-18-8-10-19(31-6)11-9-18)22(28)17(2)20(27)12-21(32-7)23-24(34-15-30-5)26(3,4)25(29)35-23/h8-11,16-17,20-24,27-28H,12-15H2,1-7H3/t16-,17?,20?,21+,22?,23-,24+/m1/s1. The molecule has 2 rings (SSSR count). The predicted octanol–water partition coefficient (Wildman–Crippen LogP) is 2.55. The van der Waals surface area contributed by atoms with E-state index in [2.05, 4.69) is 0 Å². The van der Waals surface area contributed by atoms with Crippen molar-refractivity contribution in [1.82, 2.24) is 0 Å². The third-order valence-electron chi connectivity index (χ3n) is 6.82. The maximum atomic E-state index is 12.4. The van der Waals surface area contributed by atoms with E-state index < -0.39 is 47.8 Å². The van der Waals surface area contributed by atoms with Crippen LogP contribution in [0, 0.1) is 17.3 Å². The van der Waals surface area contributed by atoms with E-state index in [1.807, 2.05) is 31.2 Å². The second-order valence-electron chi connectivity index (χ2n) is 9.85. The Morgan fingerprint density at radius 3 is 2.31 bits per heavy atom. The maximum Gasteiger partial charge on any atom is 0.314 e. The molecule has 0 spiro atoms. The largest absolute Gasteiger partial charge is 0.497 e. The van der Waals surface area contributed by atoms with Crippen LogP contribution in [0.25, 0.3) is 0 Å². The van der Waals surface area contributed by atoms with Crippen molar-refractivity contribution in [1.29, 1.82) is 0 Å². The van der Waals surface area contributed by atoms with Gasteiger partial charge < -0.3 is 38.6 Å². The average Bonchev–Trinajstić information content (AvgIpc) is 3.07. The smallest absolute Gasteiger partial charge is 0.314 e. The first kappa shape index (κ1) is 29.5. The summed E-state index contributed by atoms with van der Waals surface area (Å²) < 4.78 is 32.9. The fourth-order valence-corrected chi connectivity index (χ4v) is 4.33. The molecule has 0 saturated carbocycles. The van der Waals surface area contributed by atoms with E-state index in [1.165, 1.54) is 14.2 Å². The molecule has 1 aliphatic rings. The monoisotopic (exact) mass is 498 g/mol. The number of rotatable bonds is 15. The lowest BCUT2D eigenvalue weighted by Gasteiger charge is -2.33. The van der Waals surface area contributed by atoms with E-state index in [0.29, 0.717) is 13.2 Å². The number of carbonyl (C=O) groups is 1. The zero-order valence-corrected chi connectivity index (χ0v) is 21.9. The lowest BCUT2D eigenvalue weighted by atomic mass is 9.82. The Morgan fingerprint density at radius 2 is 1.74 bits per heavy atom. The number of cyclic esters (lactones) is 1. The number of benzene rings is 1. The molecule has 0 radical (unpaired) electrons. The Balaban J connectivity index is 1.91. The van der Waals surface area contributed by atoms with Crippen molar-refractivity contribution in [2.45, 2.75) is 71.2 Å². The van der Waals surface area contributed by atoms with Gasteiger partial charge >= 0.3 is 5.97 Å². The summed E-state index contributed by atoms with van der Waals surface area (Å²) in [6.45, 7) is 7.91. The highest BCUT2D eigenvalue weighted by Gasteiger charge is 2.55. The summed E-state index contributed by atoms with van der Waals surface area (Å²) in [6, 6.07) is 7.60. The van der Waals surface area contributed by atoms with Gasteiger partial charge in [0.05, 0.1) is 44.1 Å². The molecule has 1 heterocycles. The van der Waals surface area contributed by atoms with Gasteiger partial charge in [0.15, 0.2) is 6.10 Å². The molecule has 9 nitrogen and oxygen atoms in total. The first-order chi connectivity index (χ1) is 16.6. The number of methoxy groups -OCH3 is 3. The lowest BCUT2D eigenvalue weighted by molar-refractivity contribution is -0.156. The van der Waals surface area contributed by atoms with Crippen molar-refractivity contribution in [2.24, 2.45) is 17.3 Å². The zero-order valence-electron chi connectivity index (χ0n) is 21.9. The Kier molecular flexibility index (Phi) is 11.4.